The summed E-state index contributed by atoms with van der Waals surface area (Å²) < 4.78 is 31.1. The Morgan fingerprint density at radius 2 is 1.76 bits per heavy atom. The first-order chi connectivity index (χ1) is 15.6. The number of sulfone groups is 1. The van der Waals surface area contributed by atoms with E-state index in [1.165, 1.54) is 0 Å². The molecule has 1 heterocycles. The number of aromatic nitrogens is 1. The number of nitrogens with two attached hydrogens (primary N) is 1. The van der Waals surface area contributed by atoms with Crippen LogP contribution in [0.3, 0.4) is 0 Å². The van der Waals surface area contributed by atoms with Crippen molar-refractivity contribution in [3.05, 3.63) is 59.4 Å². The number of rotatable bonds is 5. The Morgan fingerprint density at radius 3 is 2.36 bits per heavy atom. The van der Waals surface area contributed by atoms with Crippen LogP contribution in [-0.2, 0) is 9.84 Å². The number of amides is 2. The van der Waals surface area contributed by atoms with Crippen LogP contribution in [0.4, 0.5) is 4.79 Å². The van der Waals surface area contributed by atoms with Gasteiger partial charge in [-0.1, -0.05) is 29.8 Å². The quantitative estimate of drug-likeness (QED) is 0.389. The number of urea groups is 1. The monoisotopic (exact) mass is 489 g/mol. The van der Waals surface area contributed by atoms with Crippen LogP contribution in [0.2, 0.25) is 5.02 Å². The van der Waals surface area contributed by atoms with E-state index >= 15 is 0 Å². The highest BCUT2D eigenvalue weighted by Gasteiger charge is 2.32. The number of primary amides is 1. The summed E-state index contributed by atoms with van der Waals surface area (Å²) in [4.78, 5) is 16.2. The number of hydroxylamine groups is 2. The third-order valence-electron chi connectivity index (χ3n) is 5.91. The van der Waals surface area contributed by atoms with Gasteiger partial charge in [-0.05, 0) is 56.0 Å². The molecule has 2 aromatic carbocycles. The Morgan fingerprint density at radius 1 is 1.12 bits per heavy atom. The van der Waals surface area contributed by atoms with Crippen LogP contribution in [0.5, 0.6) is 0 Å². The Balaban J connectivity index is 1.75. The van der Waals surface area contributed by atoms with Crippen LogP contribution < -0.4 is 5.73 Å². The maximum Gasteiger partial charge on any atom is 0.338 e. The molecule has 1 saturated carbocycles. The minimum absolute atomic E-state index is 0.0484. The van der Waals surface area contributed by atoms with Crippen LogP contribution in [0.25, 0.3) is 22.6 Å². The van der Waals surface area contributed by atoms with Crippen LogP contribution in [0.1, 0.15) is 37.5 Å². The number of carbonyl (C=O) groups is 1. The van der Waals surface area contributed by atoms with E-state index in [1.54, 1.807) is 48.5 Å². The van der Waals surface area contributed by atoms with Gasteiger partial charge in [-0.3, -0.25) is 5.21 Å². The van der Waals surface area contributed by atoms with Crippen LogP contribution >= 0.6 is 11.6 Å². The van der Waals surface area contributed by atoms with Gasteiger partial charge in [0.25, 0.3) is 0 Å². The van der Waals surface area contributed by atoms with Crippen LogP contribution in [0.15, 0.2) is 57.8 Å². The highest BCUT2D eigenvalue weighted by Crippen LogP contribution is 2.41. The molecule has 3 aromatic rings. The van der Waals surface area contributed by atoms with Crippen molar-refractivity contribution in [1.82, 2.24) is 10.0 Å². The van der Waals surface area contributed by atoms with E-state index in [4.69, 9.17) is 26.7 Å². The fourth-order valence-corrected chi connectivity index (χ4v) is 5.24. The lowest BCUT2D eigenvalue weighted by Crippen LogP contribution is -2.42. The molecule has 0 radical (unpaired) electrons. The van der Waals surface area contributed by atoms with E-state index in [9.17, 15) is 18.4 Å². The van der Waals surface area contributed by atoms with Crippen molar-refractivity contribution in [2.75, 3.05) is 6.26 Å². The molecule has 174 valence electrons. The van der Waals surface area contributed by atoms with Gasteiger partial charge in [0.05, 0.1) is 10.9 Å². The molecule has 0 aliphatic heterocycles. The third kappa shape index (κ3) is 4.90. The second kappa shape index (κ2) is 9.17. The highest BCUT2D eigenvalue weighted by molar-refractivity contribution is 7.90. The van der Waals surface area contributed by atoms with Crippen molar-refractivity contribution < 1.29 is 22.8 Å². The molecule has 0 spiro atoms. The molecule has 4 rings (SSSR count). The van der Waals surface area contributed by atoms with Gasteiger partial charge in [0.15, 0.2) is 21.5 Å². The number of oxazole rings is 1. The molecule has 0 atom stereocenters. The summed E-state index contributed by atoms with van der Waals surface area (Å²) in [6.45, 7) is 0. The number of hydrogen-bond acceptors (Lipinski definition) is 6. The van der Waals surface area contributed by atoms with Gasteiger partial charge in [-0.2, -0.15) is 0 Å². The van der Waals surface area contributed by atoms with E-state index in [0.717, 1.165) is 11.8 Å². The summed E-state index contributed by atoms with van der Waals surface area (Å²) >= 11 is 6.05. The summed E-state index contributed by atoms with van der Waals surface area (Å²) in [7, 11) is -3.51. The summed E-state index contributed by atoms with van der Waals surface area (Å²) in [6.07, 6.45) is 3.50. The molecule has 1 fully saturated rings. The van der Waals surface area contributed by atoms with Crippen molar-refractivity contribution in [3.8, 4) is 22.6 Å². The topological polar surface area (TPSA) is 127 Å². The lowest BCUT2D eigenvalue weighted by molar-refractivity contribution is -0.0854. The Hall–Kier alpha value is -2.88. The first-order valence-electron chi connectivity index (χ1n) is 10.5. The normalized spacial score (nSPS) is 18.8. The number of hydrogen-bond donors (Lipinski definition) is 2. The summed E-state index contributed by atoms with van der Waals surface area (Å²) in [5, 5.41) is 11.0. The molecule has 1 aliphatic rings. The standard InChI is InChI=1S/C23H24ClN3O5S/c1-33(30,31)19-5-3-2-4-18(19)20-21(14-6-10-16(24)11-7-14)32-22(26-20)15-8-12-17(13-9-15)27(29)23(25)28/h2-7,10-11,15,17,29H,8-9,12-13H2,1H3,(H2,25,28). The van der Waals surface area contributed by atoms with Crippen molar-refractivity contribution in [2.24, 2.45) is 5.73 Å². The smallest absolute Gasteiger partial charge is 0.338 e. The zero-order chi connectivity index (χ0) is 23.8. The van der Waals surface area contributed by atoms with Gasteiger partial charge < -0.3 is 10.2 Å². The maximum absolute atomic E-state index is 12.4. The average Bonchev–Trinajstić information content (AvgIpc) is 3.24. The molecule has 8 nitrogen and oxygen atoms in total. The lowest BCUT2D eigenvalue weighted by atomic mass is 9.86. The predicted octanol–water partition coefficient (Wildman–Crippen LogP) is 4.86. The third-order valence-corrected chi connectivity index (χ3v) is 7.32. The van der Waals surface area contributed by atoms with E-state index in [1.807, 2.05) is 0 Å². The van der Waals surface area contributed by atoms with Crippen molar-refractivity contribution >= 4 is 27.5 Å². The first-order valence-corrected chi connectivity index (χ1v) is 12.8. The van der Waals surface area contributed by atoms with E-state index < -0.39 is 15.9 Å². The van der Waals surface area contributed by atoms with E-state index in [2.05, 4.69) is 0 Å². The average molecular weight is 490 g/mol. The molecule has 3 N–H and O–H groups in total. The minimum atomic E-state index is -3.51. The first kappa shape index (κ1) is 23.3. The second-order valence-corrected chi connectivity index (χ2v) is 10.6. The summed E-state index contributed by atoms with van der Waals surface area (Å²) in [5.41, 5.74) is 6.80. The summed E-state index contributed by atoms with van der Waals surface area (Å²) in [6, 6.07) is 12.5. The number of carbonyl (C=O) groups excluding carboxylic acids is 1. The SMILES string of the molecule is CS(=O)(=O)c1ccccc1-c1nc(C2CCC(N(O)C(N)=O)CC2)oc1-c1ccc(Cl)cc1. The Kier molecular flexibility index (Phi) is 6.47. The van der Waals surface area contributed by atoms with Gasteiger partial charge in [0.1, 0.15) is 5.69 Å². The zero-order valence-electron chi connectivity index (χ0n) is 17.9. The van der Waals surface area contributed by atoms with Gasteiger partial charge in [-0.15, -0.1) is 0 Å². The molecule has 10 heteroatoms. The van der Waals surface area contributed by atoms with Crippen molar-refractivity contribution in [1.29, 1.82) is 0 Å². The zero-order valence-corrected chi connectivity index (χ0v) is 19.5. The molecule has 33 heavy (non-hydrogen) atoms. The lowest BCUT2D eigenvalue weighted by Gasteiger charge is -2.30. The second-order valence-electron chi connectivity index (χ2n) is 8.19. The molecule has 0 bridgehead atoms. The summed E-state index contributed by atoms with van der Waals surface area (Å²) in [5.74, 6) is 0.897. The highest BCUT2D eigenvalue weighted by atomic mass is 35.5. The molecule has 1 aliphatic carbocycles. The number of benzene rings is 2. The van der Waals surface area contributed by atoms with Gasteiger partial charge in [0, 0.05) is 28.3 Å². The van der Waals surface area contributed by atoms with Gasteiger partial charge >= 0.3 is 6.03 Å². The molecular formula is C23H24ClN3O5S. The molecule has 0 unspecified atom stereocenters. The van der Waals surface area contributed by atoms with Crippen molar-refractivity contribution in [2.45, 2.75) is 42.5 Å². The largest absolute Gasteiger partial charge is 0.440 e. The fourth-order valence-electron chi connectivity index (χ4n) is 4.22. The molecule has 1 aromatic heterocycles. The maximum atomic E-state index is 12.4. The van der Waals surface area contributed by atoms with Crippen LogP contribution in [-0.4, -0.2) is 42.0 Å². The minimum Gasteiger partial charge on any atom is -0.440 e. The Bertz CT molecular complexity index is 1270. The number of halogens is 1. The van der Waals surface area contributed by atoms with Gasteiger partial charge in [0.2, 0.25) is 0 Å². The Labute approximate surface area is 196 Å². The molecule has 0 saturated heterocycles. The number of nitrogens with zero attached hydrogens (tertiary/aromatic N) is 2. The molecule has 2 amide bonds. The van der Waals surface area contributed by atoms with Crippen LogP contribution in [0, 0.1) is 0 Å². The van der Waals surface area contributed by atoms with Crippen molar-refractivity contribution in [3.63, 3.8) is 0 Å². The fraction of sp³-hybridized carbons (Fsp3) is 0.304. The van der Waals surface area contributed by atoms with E-state index in [0.29, 0.717) is 58.7 Å². The molecular weight excluding hydrogens is 466 g/mol. The predicted molar refractivity (Wildman–Crippen MR) is 124 cm³/mol. The van der Waals surface area contributed by atoms with Gasteiger partial charge in [-0.25, -0.2) is 23.3 Å². The van der Waals surface area contributed by atoms with E-state index in [-0.39, 0.29) is 16.9 Å².